The SMILES string of the molecule is CCOc1ccc([C@H]2C3=C(C[C@H](C)CC3=O)Nc3nc(SC)nn32)cc1. The zero-order valence-corrected chi connectivity index (χ0v) is 16.0. The van der Waals surface area contributed by atoms with Crippen LogP contribution in [0.5, 0.6) is 5.75 Å². The Morgan fingerprint density at radius 1 is 1.31 bits per heavy atom. The summed E-state index contributed by atoms with van der Waals surface area (Å²) in [7, 11) is 0. The van der Waals surface area contributed by atoms with Gasteiger partial charge in [-0.1, -0.05) is 30.8 Å². The van der Waals surface area contributed by atoms with Crippen LogP contribution in [-0.4, -0.2) is 33.4 Å². The van der Waals surface area contributed by atoms with Gasteiger partial charge < -0.3 is 10.1 Å². The molecule has 0 bridgehead atoms. The third kappa shape index (κ3) is 2.90. The number of carbonyl (C=O) groups is 1. The van der Waals surface area contributed by atoms with Gasteiger partial charge in [0.05, 0.1) is 6.61 Å². The predicted molar refractivity (Wildman–Crippen MR) is 102 cm³/mol. The van der Waals surface area contributed by atoms with Crippen LogP contribution in [0.2, 0.25) is 0 Å². The van der Waals surface area contributed by atoms with E-state index in [9.17, 15) is 4.79 Å². The van der Waals surface area contributed by atoms with Crippen molar-refractivity contribution in [2.45, 2.75) is 37.9 Å². The molecular formula is C19H22N4O2S. The van der Waals surface area contributed by atoms with E-state index in [1.165, 1.54) is 11.8 Å². The summed E-state index contributed by atoms with van der Waals surface area (Å²) in [6.07, 6.45) is 3.39. The van der Waals surface area contributed by atoms with E-state index in [-0.39, 0.29) is 11.8 Å². The topological polar surface area (TPSA) is 69.0 Å². The Morgan fingerprint density at radius 2 is 2.08 bits per heavy atom. The molecule has 1 aromatic carbocycles. The largest absolute Gasteiger partial charge is 0.494 e. The van der Waals surface area contributed by atoms with Crippen LogP contribution in [0.25, 0.3) is 0 Å². The molecule has 7 heteroatoms. The van der Waals surface area contributed by atoms with Crippen LogP contribution in [0.3, 0.4) is 0 Å². The second-order valence-corrected chi connectivity index (χ2v) is 7.50. The Bertz CT molecular complexity index is 872. The van der Waals surface area contributed by atoms with E-state index in [2.05, 4.69) is 22.3 Å². The third-order valence-corrected chi connectivity index (χ3v) is 5.33. The van der Waals surface area contributed by atoms with Crippen molar-refractivity contribution in [2.24, 2.45) is 5.92 Å². The molecule has 0 amide bonds. The molecule has 1 aromatic heterocycles. The average Bonchev–Trinajstić information content (AvgIpc) is 3.03. The molecule has 2 aromatic rings. The molecule has 0 fully saturated rings. The zero-order chi connectivity index (χ0) is 18.3. The fourth-order valence-electron chi connectivity index (χ4n) is 3.69. The Labute approximate surface area is 157 Å². The van der Waals surface area contributed by atoms with Crippen molar-refractivity contribution in [1.82, 2.24) is 14.8 Å². The van der Waals surface area contributed by atoms with E-state index in [1.54, 1.807) is 0 Å². The summed E-state index contributed by atoms with van der Waals surface area (Å²) in [5.41, 5.74) is 2.82. The number of rotatable bonds is 4. The van der Waals surface area contributed by atoms with Gasteiger partial charge in [-0.25, -0.2) is 4.68 Å². The number of benzene rings is 1. The highest BCUT2D eigenvalue weighted by molar-refractivity contribution is 7.98. The molecule has 0 saturated heterocycles. The number of hydrogen-bond acceptors (Lipinski definition) is 6. The number of allylic oxidation sites excluding steroid dienone is 2. The first-order valence-corrected chi connectivity index (χ1v) is 10.1. The van der Waals surface area contributed by atoms with Crippen molar-refractivity contribution in [3.05, 3.63) is 41.1 Å². The quantitative estimate of drug-likeness (QED) is 0.828. The zero-order valence-electron chi connectivity index (χ0n) is 15.2. The van der Waals surface area contributed by atoms with Crippen LogP contribution in [-0.2, 0) is 4.79 Å². The van der Waals surface area contributed by atoms with Crippen molar-refractivity contribution in [2.75, 3.05) is 18.2 Å². The van der Waals surface area contributed by atoms with Crippen LogP contribution in [0.15, 0.2) is 40.7 Å². The first kappa shape index (κ1) is 17.1. The Kier molecular flexibility index (Phi) is 4.48. The van der Waals surface area contributed by atoms with Crippen LogP contribution in [0.4, 0.5) is 5.95 Å². The van der Waals surface area contributed by atoms with Crippen molar-refractivity contribution in [1.29, 1.82) is 0 Å². The highest BCUT2D eigenvalue weighted by atomic mass is 32.2. The lowest BCUT2D eigenvalue weighted by Gasteiger charge is -2.34. The van der Waals surface area contributed by atoms with Gasteiger partial charge in [-0.2, -0.15) is 4.98 Å². The van der Waals surface area contributed by atoms with Gasteiger partial charge in [0.15, 0.2) is 5.78 Å². The molecule has 1 N–H and O–H groups in total. The minimum atomic E-state index is -0.245. The molecule has 6 nitrogen and oxygen atoms in total. The highest BCUT2D eigenvalue weighted by Gasteiger charge is 2.38. The molecule has 2 atom stereocenters. The molecule has 0 saturated carbocycles. The minimum absolute atomic E-state index is 0.192. The lowest BCUT2D eigenvalue weighted by Crippen LogP contribution is -2.33. The number of ether oxygens (including phenoxy) is 1. The van der Waals surface area contributed by atoms with Gasteiger partial charge in [-0.3, -0.25) is 4.79 Å². The van der Waals surface area contributed by atoms with Gasteiger partial charge in [-0.05, 0) is 43.2 Å². The van der Waals surface area contributed by atoms with Gasteiger partial charge in [-0.15, -0.1) is 5.10 Å². The highest BCUT2D eigenvalue weighted by Crippen LogP contribution is 2.41. The van der Waals surface area contributed by atoms with E-state index in [1.807, 2.05) is 42.1 Å². The molecule has 2 aliphatic rings. The van der Waals surface area contributed by atoms with Gasteiger partial charge in [0, 0.05) is 17.7 Å². The number of aromatic nitrogens is 3. The van der Waals surface area contributed by atoms with Crippen molar-refractivity contribution < 1.29 is 9.53 Å². The summed E-state index contributed by atoms with van der Waals surface area (Å²) in [5, 5.41) is 8.67. The fraction of sp³-hybridized carbons (Fsp3) is 0.421. The first-order chi connectivity index (χ1) is 12.6. The van der Waals surface area contributed by atoms with E-state index in [4.69, 9.17) is 4.74 Å². The Morgan fingerprint density at radius 3 is 2.77 bits per heavy atom. The number of ketones is 1. The number of carbonyl (C=O) groups excluding carboxylic acids is 1. The van der Waals surface area contributed by atoms with Gasteiger partial charge in [0.25, 0.3) is 0 Å². The van der Waals surface area contributed by atoms with E-state index in [0.29, 0.717) is 30.1 Å². The molecule has 2 heterocycles. The first-order valence-electron chi connectivity index (χ1n) is 8.87. The molecule has 26 heavy (non-hydrogen) atoms. The van der Waals surface area contributed by atoms with Gasteiger partial charge in [0.1, 0.15) is 11.8 Å². The van der Waals surface area contributed by atoms with Gasteiger partial charge in [0.2, 0.25) is 11.1 Å². The number of nitrogens with zero attached hydrogens (tertiary/aromatic N) is 3. The molecule has 1 aliphatic heterocycles. The Hall–Kier alpha value is -2.28. The lowest BCUT2D eigenvalue weighted by atomic mass is 9.81. The smallest absolute Gasteiger partial charge is 0.227 e. The summed E-state index contributed by atoms with van der Waals surface area (Å²) in [6, 6.07) is 7.68. The van der Waals surface area contributed by atoms with Crippen molar-refractivity contribution in [3.8, 4) is 5.75 Å². The van der Waals surface area contributed by atoms with E-state index in [0.717, 1.165) is 29.0 Å². The molecule has 1 aliphatic carbocycles. The third-order valence-electron chi connectivity index (χ3n) is 4.79. The number of thioether (sulfide) groups is 1. The monoisotopic (exact) mass is 370 g/mol. The predicted octanol–water partition coefficient (Wildman–Crippen LogP) is 3.67. The standard InChI is InChI=1S/C19H22N4O2S/c1-4-25-13-7-5-12(6-8-13)17-16-14(9-11(2)10-15(16)24)20-18-21-19(26-3)22-23(17)18/h5-8,11,17H,4,9-10H2,1-3H3,(H,20,21,22)/t11-,17-/m0/s1. The molecular weight excluding hydrogens is 348 g/mol. The van der Waals surface area contributed by atoms with Crippen molar-refractivity contribution >= 4 is 23.5 Å². The second-order valence-electron chi connectivity index (χ2n) is 6.73. The maximum absolute atomic E-state index is 12.9. The molecule has 4 rings (SSSR count). The summed E-state index contributed by atoms with van der Waals surface area (Å²) >= 11 is 1.50. The molecule has 0 radical (unpaired) electrons. The molecule has 0 spiro atoms. The van der Waals surface area contributed by atoms with E-state index < -0.39 is 0 Å². The number of fused-ring (bicyclic) bond motifs is 1. The number of anilines is 1. The summed E-state index contributed by atoms with van der Waals surface area (Å²) < 4.78 is 7.39. The van der Waals surface area contributed by atoms with Crippen LogP contribution in [0.1, 0.15) is 38.3 Å². The van der Waals surface area contributed by atoms with Crippen LogP contribution < -0.4 is 10.1 Å². The van der Waals surface area contributed by atoms with Gasteiger partial charge >= 0.3 is 0 Å². The van der Waals surface area contributed by atoms with Crippen LogP contribution >= 0.6 is 11.8 Å². The normalized spacial score (nSPS) is 21.9. The number of nitrogens with one attached hydrogen (secondary N) is 1. The summed E-state index contributed by atoms with van der Waals surface area (Å²) in [5.74, 6) is 2.06. The number of hydrogen-bond donors (Lipinski definition) is 1. The minimum Gasteiger partial charge on any atom is -0.494 e. The maximum atomic E-state index is 12.9. The number of Topliss-reactive ketones (excluding diaryl/α,β-unsaturated/α-hetero) is 1. The Balaban J connectivity index is 1.82. The van der Waals surface area contributed by atoms with Crippen LogP contribution in [0, 0.1) is 5.92 Å². The molecule has 0 unspecified atom stereocenters. The lowest BCUT2D eigenvalue weighted by molar-refractivity contribution is -0.117. The van der Waals surface area contributed by atoms with Crippen molar-refractivity contribution in [3.63, 3.8) is 0 Å². The fourth-order valence-corrected chi connectivity index (χ4v) is 4.04. The maximum Gasteiger partial charge on any atom is 0.227 e. The molecule has 136 valence electrons. The van der Waals surface area contributed by atoms with E-state index >= 15 is 0 Å². The average molecular weight is 370 g/mol. The second kappa shape index (κ2) is 6.79. The summed E-state index contributed by atoms with van der Waals surface area (Å²) in [4.78, 5) is 17.5. The summed E-state index contributed by atoms with van der Waals surface area (Å²) in [6.45, 7) is 4.70.